The molecule has 1 aliphatic heterocycles. The van der Waals surface area contributed by atoms with Crippen molar-refractivity contribution in [3.63, 3.8) is 0 Å². The summed E-state index contributed by atoms with van der Waals surface area (Å²) >= 11 is 1.43. The van der Waals surface area contributed by atoms with Gasteiger partial charge in [0.1, 0.15) is 5.82 Å². The maximum Gasteiger partial charge on any atom is 0.230 e. The summed E-state index contributed by atoms with van der Waals surface area (Å²) in [7, 11) is 0. The molecule has 10 heteroatoms. The number of thioether (sulfide) groups is 1. The zero-order chi connectivity index (χ0) is 23.0. The summed E-state index contributed by atoms with van der Waals surface area (Å²) in [5, 5.41) is 3.64. The molecular formula is C23H24FN5O3S. The van der Waals surface area contributed by atoms with Crippen molar-refractivity contribution >= 4 is 17.7 Å². The Bertz CT molecular complexity index is 1160. The highest BCUT2D eigenvalue weighted by atomic mass is 32.2. The fourth-order valence-electron chi connectivity index (χ4n) is 3.57. The average molecular weight is 470 g/mol. The van der Waals surface area contributed by atoms with Crippen LogP contribution in [0.15, 0.2) is 41.7 Å². The molecule has 2 aromatic heterocycles. The first-order valence-corrected chi connectivity index (χ1v) is 11.9. The van der Waals surface area contributed by atoms with E-state index in [1.54, 1.807) is 24.4 Å². The highest BCUT2D eigenvalue weighted by Gasteiger charge is 2.42. The number of carbonyl (C=O) groups is 1. The first-order chi connectivity index (χ1) is 15.9. The van der Waals surface area contributed by atoms with Crippen molar-refractivity contribution in [3.8, 4) is 22.6 Å². The number of hydrogen-bond donors (Lipinski definition) is 2. The first kappa shape index (κ1) is 22.0. The molecule has 1 amide bonds. The van der Waals surface area contributed by atoms with Gasteiger partial charge in [-0.3, -0.25) is 4.79 Å². The molecule has 0 atom stereocenters. The molecule has 3 aromatic rings. The SMILES string of the molecule is CSc1nccc(-c2[nH]c(C3OCC(C)(C(=O)NC4CC4)CO3)nc2-c2ccc(F)cc2)n1. The van der Waals surface area contributed by atoms with Gasteiger partial charge in [-0.1, -0.05) is 11.8 Å². The van der Waals surface area contributed by atoms with E-state index in [0.29, 0.717) is 28.1 Å². The van der Waals surface area contributed by atoms with E-state index in [0.717, 1.165) is 18.4 Å². The van der Waals surface area contributed by atoms with Gasteiger partial charge < -0.3 is 19.8 Å². The molecular weight excluding hydrogens is 445 g/mol. The van der Waals surface area contributed by atoms with Crippen LogP contribution in [0.2, 0.25) is 0 Å². The van der Waals surface area contributed by atoms with Gasteiger partial charge in [-0.05, 0) is 56.4 Å². The summed E-state index contributed by atoms with van der Waals surface area (Å²) in [5.74, 6) is 0.0740. The lowest BCUT2D eigenvalue weighted by atomic mass is 9.91. The summed E-state index contributed by atoms with van der Waals surface area (Å²) in [6, 6.07) is 8.16. The van der Waals surface area contributed by atoms with Gasteiger partial charge in [0.2, 0.25) is 12.2 Å². The highest BCUT2D eigenvalue weighted by Crippen LogP contribution is 2.36. The molecule has 2 fully saturated rings. The number of aromatic nitrogens is 4. The molecule has 3 heterocycles. The van der Waals surface area contributed by atoms with Crippen molar-refractivity contribution in [2.24, 2.45) is 5.41 Å². The molecule has 2 aliphatic rings. The number of imidazole rings is 1. The molecule has 0 unspecified atom stereocenters. The van der Waals surface area contributed by atoms with Crippen molar-refractivity contribution < 1.29 is 18.7 Å². The third-order valence-electron chi connectivity index (χ3n) is 5.70. The van der Waals surface area contributed by atoms with Crippen molar-refractivity contribution in [1.82, 2.24) is 25.3 Å². The predicted octanol–water partition coefficient (Wildman–Crippen LogP) is 3.73. The van der Waals surface area contributed by atoms with Crippen LogP contribution in [-0.4, -0.2) is 51.4 Å². The summed E-state index contributed by atoms with van der Waals surface area (Å²) < 4.78 is 25.4. The summed E-state index contributed by atoms with van der Waals surface area (Å²) in [6.07, 6.45) is 4.87. The first-order valence-electron chi connectivity index (χ1n) is 10.7. The van der Waals surface area contributed by atoms with Crippen LogP contribution in [0.5, 0.6) is 0 Å². The Morgan fingerprint density at radius 3 is 2.58 bits per heavy atom. The Morgan fingerprint density at radius 2 is 1.91 bits per heavy atom. The van der Waals surface area contributed by atoms with Gasteiger partial charge >= 0.3 is 0 Å². The number of aromatic amines is 1. The van der Waals surface area contributed by atoms with E-state index in [2.05, 4.69) is 20.3 Å². The Labute approximate surface area is 194 Å². The van der Waals surface area contributed by atoms with Crippen molar-refractivity contribution in [1.29, 1.82) is 0 Å². The van der Waals surface area contributed by atoms with Crippen LogP contribution >= 0.6 is 11.8 Å². The van der Waals surface area contributed by atoms with Crippen molar-refractivity contribution in [3.05, 3.63) is 48.2 Å². The number of benzene rings is 1. The van der Waals surface area contributed by atoms with Gasteiger partial charge in [0.05, 0.1) is 35.7 Å². The van der Waals surface area contributed by atoms with E-state index in [-0.39, 0.29) is 31.0 Å². The maximum absolute atomic E-state index is 13.5. The number of rotatable bonds is 6. The number of nitrogens with one attached hydrogen (secondary N) is 2. The van der Waals surface area contributed by atoms with Gasteiger partial charge in [-0.25, -0.2) is 19.3 Å². The van der Waals surface area contributed by atoms with E-state index in [1.165, 1.54) is 23.9 Å². The van der Waals surface area contributed by atoms with Gasteiger partial charge in [-0.15, -0.1) is 0 Å². The molecule has 1 aliphatic carbocycles. The molecule has 0 radical (unpaired) electrons. The maximum atomic E-state index is 13.5. The minimum absolute atomic E-state index is 0.0545. The lowest BCUT2D eigenvalue weighted by molar-refractivity contribution is -0.231. The Kier molecular flexibility index (Phi) is 5.90. The molecule has 5 rings (SSSR count). The average Bonchev–Trinajstić information content (AvgIpc) is 3.54. The summed E-state index contributed by atoms with van der Waals surface area (Å²) in [6.45, 7) is 2.26. The van der Waals surface area contributed by atoms with E-state index < -0.39 is 11.7 Å². The van der Waals surface area contributed by atoms with E-state index in [1.807, 2.05) is 13.2 Å². The second-order valence-electron chi connectivity index (χ2n) is 8.54. The number of halogens is 1. The Hall–Kier alpha value is -2.82. The van der Waals surface area contributed by atoms with Crippen LogP contribution < -0.4 is 5.32 Å². The number of ether oxygens (including phenoxy) is 2. The standard InChI is InChI=1S/C23H24FN5O3S/c1-23(21(30)26-15-7-8-15)11-31-20(32-12-23)19-28-17(13-3-5-14(24)6-4-13)18(29-19)16-9-10-25-22(27-16)33-2/h3-6,9-10,15,20H,7-8,11-12H2,1-2H3,(H,26,30)(H,28,29). The fraction of sp³-hybridized carbons (Fsp3) is 0.391. The number of amides is 1. The number of nitrogens with zero attached hydrogens (tertiary/aromatic N) is 3. The quantitative estimate of drug-likeness (QED) is 0.419. The zero-order valence-electron chi connectivity index (χ0n) is 18.3. The predicted molar refractivity (Wildman–Crippen MR) is 121 cm³/mol. The smallest absolute Gasteiger partial charge is 0.230 e. The van der Waals surface area contributed by atoms with Crippen LogP contribution in [-0.2, 0) is 14.3 Å². The minimum atomic E-state index is -0.762. The van der Waals surface area contributed by atoms with Crippen LogP contribution in [0.4, 0.5) is 4.39 Å². The molecule has 2 N–H and O–H groups in total. The van der Waals surface area contributed by atoms with Crippen LogP contribution in [0.25, 0.3) is 22.6 Å². The van der Waals surface area contributed by atoms with Gasteiger partial charge in [0.25, 0.3) is 0 Å². The molecule has 1 saturated heterocycles. The normalized spacial score (nSPS) is 22.8. The topological polar surface area (TPSA) is 102 Å². The summed E-state index contributed by atoms with van der Waals surface area (Å²) in [4.78, 5) is 29.4. The molecule has 8 nitrogen and oxygen atoms in total. The second-order valence-corrected chi connectivity index (χ2v) is 9.32. The van der Waals surface area contributed by atoms with Crippen LogP contribution in [0.1, 0.15) is 31.9 Å². The minimum Gasteiger partial charge on any atom is -0.353 e. The van der Waals surface area contributed by atoms with Crippen molar-refractivity contribution in [2.75, 3.05) is 19.5 Å². The van der Waals surface area contributed by atoms with Gasteiger partial charge in [-0.2, -0.15) is 0 Å². The molecule has 1 aromatic carbocycles. The second kappa shape index (κ2) is 8.85. The third-order valence-corrected chi connectivity index (χ3v) is 6.26. The lowest BCUT2D eigenvalue weighted by Crippen LogP contribution is -2.49. The van der Waals surface area contributed by atoms with Crippen LogP contribution in [0, 0.1) is 11.2 Å². The largest absolute Gasteiger partial charge is 0.353 e. The molecule has 0 spiro atoms. The molecule has 33 heavy (non-hydrogen) atoms. The van der Waals surface area contributed by atoms with Gasteiger partial charge in [0, 0.05) is 17.8 Å². The van der Waals surface area contributed by atoms with E-state index in [4.69, 9.17) is 14.5 Å². The van der Waals surface area contributed by atoms with Crippen LogP contribution in [0.3, 0.4) is 0 Å². The van der Waals surface area contributed by atoms with Crippen molar-refractivity contribution in [2.45, 2.75) is 37.3 Å². The fourth-order valence-corrected chi connectivity index (χ4v) is 3.92. The van der Waals surface area contributed by atoms with E-state index in [9.17, 15) is 9.18 Å². The molecule has 0 bridgehead atoms. The summed E-state index contributed by atoms with van der Waals surface area (Å²) in [5.41, 5.74) is 1.87. The lowest BCUT2D eigenvalue weighted by Gasteiger charge is -2.35. The zero-order valence-corrected chi connectivity index (χ0v) is 19.1. The Morgan fingerprint density at radius 1 is 1.18 bits per heavy atom. The third kappa shape index (κ3) is 4.64. The van der Waals surface area contributed by atoms with E-state index >= 15 is 0 Å². The highest BCUT2D eigenvalue weighted by molar-refractivity contribution is 7.98. The Balaban J connectivity index is 1.43. The van der Waals surface area contributed by atoms with Gasteiger partial charge in [0.15, 0.2) is 11.0 Å². The number of hydrogen-bond acceptors (Lipinski definition) is 7. The number of H-pyrrole nitrogens is 1. The molecule has 172 valence electrons. The number of carbonyl (C=O) groups excluding carboxylic acids is 1. The molecule has 1 saturated carbocycles. The monoisotopic (exact) mass is 469 g/mol.